The van der Waals surface area contributed by atoms with Crippen molar-refractivity contribution < 1.29 is 34.5 Å². The normalized spacial score (nSPS) is 20.1. The van der Waals surface area contributed by atoms with Gasteiger partial charge in [-0.2, -0.15) is 0 Å². The average molecular weight is 742 g/mol. The van der Waals surface area contributed by atoms with Crippen LogP contribution in [0.3, 0.4) is 0 Å². The Morgan fingerprint density at radius 3 is 2.17 bits per heavy atom. The molecule has 2 saturated heterocycles. The smallest absolute Gasteiger partial charge is 0.243 e. The highest BCUT2D eigenvalue weighted by Crippen LogP contribution is 2.40. The summed E-state index contributed by atoms with van der Waals surface area (Å²) in [6, 6.07) is 31.6. The second kappa shape index (κ2) is 18.3. The largest absolute Gasteiger partial charge is 0.392 e. The van der Waals surface area contributed by atoms with Crippen molar-refractivity contribution in [2.45, 2.75) is 82.2 Å². The van der Waals surface area contributed by atoms with E-state index in [0.29, 0.717) is 56.6 Å². The first-order chi connectivity index (χ1) is 25.7. The highest BCUT2D eigenvalue weighted by Gasteiger charge is 2.37. The molecule has 2 heterocycles. The summed E-state index contributed by atoms with van der Waals surface area (Å²) in [5.41, 5.74) is 7.42. The lowest BCUT2D eigenvalue weighted by Crippen LogP contribution is -2.46. The van der Waals surface area contributed by atoms with Crippen molar-refractivity contribution in [2.75, 3.05) is 19.6 Å². The first-order valence-electron chi connectivity index (χ1n) is 18.3. The zero-order chi connectivity index (χ0) is 37.2. The van der Waals surface area contributed by atoms with Crippen LogP contribution in [-0.2, 0) is 37.8 Å². The van der Waals surface area contributed by atoms with Crippen LogP contribution < -0.4 is 10.8 Å². The zero-order valence-corrected chi connectivity index (χ0v) is 30.5. The van der Waals surface area contributed by atoms with Gasteiger partial charge in [0, 0.05) is 56.0 Å². The van der Waals surface area contributed by atoms with Crippen LogP contribution in [0.1, 0.15) is 85.2 Å². The summed E-state index contributed by atoms with van der Waals surface area (Å²) in [4.78, 5) is 25.8. The van der Waals surface area contributed by atoms with Gasteiger partial charge in [-0.15, -0.1) is 0 Å². The van der Waals surface area contributed by atoms with E-state index in [1.165, 1.54) is 0 Å². The molecule has 0 bridgehead atoms. The minimum absolute atomic E-state index is 0.0174. The zero-order valence-electron chi connectivity index (χ0n) is 29.8. The van der Waals surface area contributed by atoms with Crippen molar-refractivity contribution in [1.29, 1.82) is 0 Å². The van der Waals surface area contributed by atoms with Crippen LogP contribution in [0.25, 0.3) is 11.1 Å². The second-order valence-electron chi connectivity index (χ2n) is 14.0. The molecule has 10 nitrogen and oxygen atoms in total. The van der Waals surface area contributed by atoms with Crippen molar-refractivity contribution in [3.8, 4) is 11.1 Å². The third-order valence-electron chi connectivity index (χ3n) is 10.3. The van der Waals surface area contributed by atoms with Gasteiger partial charge in [-0.05, 0) is 77.3 Å². The fraction of sp³-hybridized carbons (Fsp3) is 0.381. The number of hydroxylamine groups is 1. The number of likely N-dealkylation sites (tertiary alicyclic amines) is 1. The van der Waals surface area contributed by atoms with Crippen LogP contribution >= 0.6 is 11.6 Å². The van der Waals surface area contributed by atoms with Crippen LogP contribution in [-0.4, -0.2) is 57.9 Å². The number of hydrogen-bond acceptors (Lipinski definition) is 8. The molecule has 0 radical (unpaired) electrons. The molecular formula is C42H48ClN3O7. The molecule has 0 spiro atoms. The second-order valence-corrected chi connectivity index (χ2v) is 14.5. The summed E-state index contributed by atoms with van der Waals surface area (Å²) in [6.45, 7) is 2.57. The van der Waals surface area contributed by atoms with Crippen LogP contribution in [0.4, 0.5) is 0 Å². The van der Waals surface area contributed by atoms with Crippen molar-refractivity contribution >= 4 is 23.4 Å². The molecule has 2 fully saturated rings. The molecule has 2 amide bonds. The van der Waals surface area contributed by atoms with Gasteiger partial charge >= 0.3 is 0 Å². The molecule has 0 saturated carbocycles. The van der Waals surface area contributed by atoms with E-state index in [1.807, 2.05) is 78.9 Å². The Morgan fingerprint density at radius 2 is 1.49 bits per heavy atom. The number of halogens is 1. The van der Waals surface area contributed by atoms with E-state index in [9.17, 15) is 19.8 Å². The molecule has 2 aliphatic rings. The first kappa shape index (κ1) is 38.6. The Bertz CT molecular complexity index is 1800. The molecule has 4 aromatic rings. The number of amides is 2. The summed E-state index contributed by atoms with van der Waals surface area (Å²) in [5, 5.41) is 33.2. The van der Waals surface area contributed by atoms with Gasteiger partial charge in [-0.3, -0.25) is 14.8 Å². The minimum atomic E-state index is -0.880. The first-order valence-corrected chi connectivity index (χ1v) is 18.7. The Hall–Kier alpha value is -4.13. The maximum absolute atomic E-state index is 12.3. The monoisotopic (exact) mass is 741 g/mol. The summed E-state index contributed by atoms with van der Waals surface area (Å²) >= 11 is 6.09. The van der Waals surface area contributed by atoms with Gasteiger partial charge in [0.1, 0.15) is 0 Å². The molecule has 3 atom stereocenters. The Labute approximate surface area is 315 Å². The fourth-order valence-electron chi connectivity index (χ4n) is 7.08. The lowest BCUT2D eigenvalue weighted by atomic mass is 9.84. The number of aliphatic hydroxyl groups is 2. The number of ether oxygens (including phenoxy) is 2. The van der Waals surface area contributed by atoms with E-state index < -0.39 is 17.8 Å². The number of aliphatic hydroxyl groups excluding tert-OH is 1. The average Bonchev–Trinajstić information content (AvgIpc) is 3.20. The molecule has 3 unspecified atom stereocenters. The number of nitrogens with one attached hydrogen (secondary N) is 2. The number of rotatable bonds is 14. The van der Waals surface area contributed by atoms with Gasteiger partial charge in [0.05, 0.1) is 24.4 Å². The molecule has 6 rings (SSSR count). The van der Waals surface area contributed by atoms with E-state index >= 15 is 0 Å². The van der Waals surface area contributed by atoms with Crippen molar-refractivity contribution in [1.82, 2.24) is 15.7 Å². The van der Waals surface area contributed by atoms with E-state index in [4.69, 9.17) is 26.3 Å². The summed E-state index contributed by atoms with van der Waals surface area (Å²) in [5.74, 6) is -0.537. The number of unbranched alkanes of at least 4 members (excludes halogenated alkanes) is 1. The van der Waals surface area contributed by atoms with Crippen LogP contribution in [0.5, 0.6) is 0 Å². The predicted octanol–water partition coefficient (Wildman–Crippen LogP) is 6.71. The highest BCUT2D eigenvalue weighted by molar-refractivity contribution is 6.30. The fourth-order valence-corrected chi connectivity index (χ4v) is 7.21. The molecular weight excluding hydrogens is 694 g/mol. The van der Waals surface area contributed by atoms with E-state index in [2.05, 4.69) is 28.4 Å². The number of benzene rings is 4. The van der Waals surface area contributed by atoms with E-state index in [0.717, 1.165) is 52.0 Å². The molecule has 0 aliphatic carbocycles. The number of nitrogens with zero attached hydrogens (tertiary/aromatic N) is 1. The third kappa shape index (κ3) is 10.5. The van der Waals surface area contributed by atoms with Crippen LogP contribution in [0, 0.1) is 0 Å². The minimum Gasteiger partial charge on any atom is -0.392 e. The Morgan fingerprint density at radius 1 is 0.811 bits per heavy atom. The predicted molar refractivity (Wildman–Crippen MR) is 202 cm³/mol. The highest BCUT2D eigenvalue weighted by atomic mass is 35.5. The Kier molecular flexibility index (Phi) is 13.3. The molecule has 5 N–H and O–H groups in total. The van der Waals surface area contributed by atoms with Gasteiger partial charge in [-0.1, -0.05) is 90.5 Å². The molecule has 53 heavy (non-hydrogen) atoms. The number of carbonyl (C=O) groups excluding carboxylic acids is 2. The summed E-state index contributed by atoms with van der Waals surface area (Å²) < 4.78 is 13.2. The summed E-state index contributed by atoms with van der Waals surface area (Å²) in [6.07, 6.45) is 2.61. The van der Waals surface area contributed by atoms with E-state index in [1.54, 1.807) is 5.48 Å². The van der Waals surface area contributed by atoms with E-state index in [-0.39, 0.29) is 31.1 Å². The van der Waals surface area contributed by atoms with Crippen molar-refractivity contribution in [3.63, 3.8) is 0 Å². The van der Waals surface area contributed by atoms with Crippen molar-refractivity contribution in [3.05, 3.63) is 130 Å². The van der Waals surface area contributed by atoms with Gasteiger partial charge in [0.2, 0.25) is 11.8 Å². The molecule has 280 valence electrons. The van der Waals surface area contributed by atoms with Gasteiger partial charge < -0.3 is 29.9 Å². The van der Waals surface area contributed by atoms with Gasteiger partial charge in [0.25, 0.3) is 0 Å². The molecule has 4 aromatic carbocycles. The number of hydrogen-bond donors (Lipinski definition) is 5. The molecule has 2 aliphatic heterocycles. The third-order valence-corrected chi connectivity index (χ3v) is 10.5. The molecule has 0 aromatic heterocycles. The molecule has 11 heteroatoms. The standard InChI is InChI=1S/C42H48ClN3O7/c43-36-18-16-35(17-19-36)42(50)20-22-46(23-21-42)27-37-25-38(32-10-8-29(28-47)9-11-32)53-41(52-37)33-14-12-31(13-15-33)34-5-3-4-30(24-34)26-44-39(48)6-1-2-7-40(49)45-51/h3-5,8-19,24,37-38,41,47,50-51H,1-2,6-7,20-23,25-28H2,(H,44,48)(H,45,49). The Balaban J connectivity index is 1.09. The van der Waals surface area contributed by atoms with Gasteiger partial charge in [0.15, 0.2) is 6.29 Å². The van der Waals surface area contributed by atoms with Crippen LogP contribution in [0.15, 0.2) is 97.1 Å². The summed E-state index contributed by atoms with van der Waals surface area (Å²) in [7, 11) is 0. The van der Waals surface area contributed by atoms with Gasteiger partial charge in [-0.25, -0.2) is 5.48 Å². The number of piperidine rings is 1. The SMILES string of the molecule is O=C(CCCCC(=O)NCc1cccc(-c2ccc(C3OC(CN4CCC(O)(c5ccc(Cl)cc5)CC4)CC(c4ccc(CO)cc4)O3)cc2)c1)NO. The van der Waals surface area contributed by atoms with Crippen molar-refractivity contribution in [2.24, 2.45) is 0 Å². The lowest BCUT2D eigenvalue weighted by Gasteiger charge is -2.42. The maximum atomic E-state index is 12.3. The maximum Gasteiger partial charge on any atom is 0.243 e. The number of carbonyl (C=O) groups is 2. The van der Waals surface area contributed by atoms with Crippen LogP contribution in [0.2, 0.25) is 5.02 Å². The topological polar surface area (TPSA) is 141 Å². The lowest BCUT2D eigenvalue weighted by molar-refractivity contribution is -0.253. The quantitative estimate of drug-likeness (QED) is 0.0546.